The van der Waals surface area contributed by atoms with Gasteiger partial charge in [0.25, 0.3) is 0 Å². The molecule has 1 amide bonds. The fraction of sp³-hybridized carbons (Fsp3) is 0.133. The van der Waals surface area contributed by atoms with Gasteiger partial charge in [0, 0.05) is 11.8 Å². The Hall–Kier alpha value is -2.16. The van der Waals surface area contributed by atoms with Gasteiger partial charge in [-0.25, -0.2) is 4.39 Å². The highest BCUT2D eigenvalue weighted by Crippen LogP contribution is 2.12. The predicted molar refractivity (Wildman–Crippen MR) is 72.7 cm³/mol. The van der Waals surface area contributed by atoms with E-state index in [9.17, 15) is 9.18 Å². The zero-order chi connectivity index (χ0) is 13.5. The maximum absolute atomic E-state index is 12.9. The first-order chi connectivity index (χ1) is 8.56. The molecule has 0 spiro atoms. The van der Waals surface area contributed by atoms with E-state index in [1.807, 2.05) is 19.9 Å². The molecule has 0 radical (unpaired) electrons. The first kappa shape index (κ1) is 13.9. The Labute approximate surface area is 107 Å². The minimum atomic E-state index is -0.381. The Bertz CT molecular complexity index is 515. The summed E-state index contributed by atoms with van der Waals surface area (Å²) in [5.74, 6) is -0.673. The molecule has 0 aliphatic rings. The number of carbonyl (C=O) groups is 1. The standard InChI is InChI=1S/C15H16FNO/c1-4-12(5-2)11(3)9-15(18)17-14-8-6-7-13(16)10-14/h4-10H,1H2,2-3H3,(H,17,18)/b11-9-,12-5+. The van der Waals surface area contributed by atoms with Crippen molar-refractivity contribution in [3.05, 3.63) is 66.0 Å². The van der Waals surface area contributed by atoms with Crippen molar-refractivity contribution >= 4 is 11.6 Å². The van der Waals surface area contributed by atoms with Gasteiger partial charge in [-0.05, 0) is 43.2 Å². The van der Waals surface area contributed by atoms with Crippen molar-refractivity contribution in [2.45, 2.75) is 13.8 Å². The fourth-order valence-electron chi connectivity index (χ4n) is 1.53. The summed E-state index contributed by atoms with van der Waals surface area (Å²) < 4.78 is 12.9. The molecule has 0 unspecified atom stereocenters. The van der Waals surface area contributed by atoms with Crippen molar-refractivity contribution < 1.29 is 9.18 Å². The molecule has 0 fully saturated rings. The molecule has 0 saturated heterocycles. The normalized spacial score (nSPS) is 12.2. The van der Waals surface area contributed by atoms with Crippen LogP contribution < -0.4 is 5.32 Å². The molecule has 0 heterocycles. The van der Waals surface area contributed by atoms with Crippen LogP contribution in [0.15, 0.2) is 60.2 Å². The van der Waals surface area contributed by atoms with Gasteiger partial charge in [-0.2, -0.15) is 0 Å². The molecule has 0 aromatic heterocycles. The monoisotopic (exact) mass is 245 g/mol. The number of hydrogen-bond donors (Lipinski definition) is 1. The van der Waals surface area contributed by atoms with Crippen molar-refractivity contribution in [1.29, 1.82) is 0 Å². The number of hydrogen-bond acceptors (Lipinski definition) is 1. The molecule has 3 heteroatoms. The summed E-state index contributed by atoms with van der Waals surface area (Å²) in [5.41, 5.74) is 2.13. The molecule has 0 saturated carbocycles. The molecule has 1 aromatic rings. The van der Waals surface area contributed by atoms with Crippen LogP contribution in [-0.2, 0) is 4.79 Å². The van der Waals surface area contributed by atoms with Gasteiger partial charge < -0.3 is 5.32 Å². The molecule has 0 atom stereocenters. The van der Waals surface area contributed by atoms with E-state index < -0.39 is 0 Å². The van der Waals surface area contributed by atoms with Crippen LogP contribution in [-0.4, -0.2) is 5.91 Å². The third-order valence-electron chi connectivity index (χ3n) is 2.43. The smallest absolute Gasteiger partial charge is 0.248 e. The largest absolute Gasteiger partial charge is 0.322 e. The SMILES string of the molecule is C=CC(=C\C)/C(C)=C\C(=O)Nc1cccc(F)c1. The quantitative estimate of drug-likeness (QED) is 0.633. The van der Waals surface area contributed by atoms with E-state index in [4.69, 9.17) is 0 Å². The molecule has 1 aromatic carbocycles. The van der Waals surface area contributed by atoms with E-state index in [-0.39, 0.29) is 11.7 Å². The second kappa shape index (κ2) is 6.55. The minimum Gasteiger partial charge on any atom is -0.322 e. The van der Waals surface area contributed by atoms with Crippen LogP contribution in [0.5, 0.6) is 0 Å². The number of halogens is 1. The van der Waals surface area contributed by atoms with Gasteiger partial charge in [-0.3, -0.25) is 4.79 Å². The first-order valence-electron chi connectivity index (χ1n) is 5.60. The molecule has 94 valence electrons. The lowest BCUT2D eigenvalue weighted by Gasteiger charge is -2.04. The average Bonchev–Trinajstić information content (AvgIpc) is 2.30. The van der Waals surface area contributed by atoms with Gasteiger partial charge in [-0.1, -0.05) is 24.8 Å². The molecular formula is C15H16FNO. The van der Waals surface area contributed by atoms with Crippen LogP contribution in [0.4, 0.5) is 10.1 Å². The number of anilines is 1. The maximum atomic E-state index is 12.9. The van der Waals surface area contributed by atoms with Crippen LogP contribution >= 0.6 is 0 Å². The second-order valence-corrected chi connectivity index (χ2v) is 3.78. The Morgan fingerprint density at radius 2 is 2.17 bits per heavy atom. The van der Waals surface area contributed by atoms with Gasteiger partial charge in [0.2, 0.25) is 5.91 Å². The van der Waals surface area contributed by atoms with Crippen molar-refractivity contribution in [2.75, 3.05) is 5.32 Å². The molecule has 2 nitrogen and oxygen atoms in total. The van der Waals surface area contributed by atoms with Crippen molar-refractivity contribution in [2.24, 2.45) is 0 Å². The highest BCUT2D eigenvalue weighted by Gasteiger charge is 2.02. The lowest BCUT2D eigenvalue weighted by Crippen LogP contribution is -2.09. The first-order valence-corrected chi connectivity index (χ1v) is 5.60. The Morgan fingerprint density at radius 1 is 1.44 bits per heavy atom. The number of carbonyl (C=O) groups excluding carboxylic acids is 1. The average molecular weight is 245 g/mol. The van der Waals surface area contributed by atoms with E-state index in [1.165, 1.54) is 18.2 Å². The van der Waals surface area contributed by atoms with E-state index in [2.05, 4.69) is 11.9 Å². The van der Waals surface area contributed by atoms with Crippen LogP contribution in [0.2, 0.25) is 0 Å². The zero-order valence-corrected chi connectivity index (χ0v) is 10.5. The molecule has 18 heavy (non-hydrogen) atoms. The summed E-state index contributed by atoms with van der Waals surface area (Å²) in [4.78, 5) is 11.7. The van der Waals surface area contributed by atoms with Crippen LogP contribution in [0.1, 0.15) is 13.8 Å². The second-order valence-electron chi connectivity index (χ2n) is 3.78. The van der Waals surface area contributed by atoms with Crippen molar-refractivity contribution in [3.63, 3.8) is 0 Å². The van der Waals surface area contributed by atoms with Gasteiger partial charge in [0.05, 0.1) is 0 Å². The van der Waals surface area contributed by atoms with Crippen molar-refractivity contribution in [3.8, 4) is 0 Å². The summed E-state index contributed by atoms with van der Waals surface area (Å²) in [5, 5.41) is 2.60. The Kier molecular flexibility index (Phi) is 5.06. The third kappa shape index (κ3) is 4.01. The van der Waals surface area contributed by atoms with Crippen LogP contribution in [0.3, 0.4) is 0 Å². The predicted octanol–water partition coefficient (Wildman–Crippen LogP) is 3.84. The van der Waals surface area contributed by atoms with E-state index >= 15 is 0 Å². The number of allylic oxidation sites excluding steroid dienone is 4. The molecule has 0 aliphatic carbocycles. The lowest BCUT2D eigenvalue weighted by atomic mass is 10.1. The number of benzene rings is 1. The molecule has 1 N–H and O–H groups in total. The van der Waals surface area contributed by atoms with E-state index in [0.717, 1.165) is 11.1 Å². The van der Waals surface area contributed by atoms with Gasteiger partial charge in [0.15, 0.2) is 0 Å². The highest BCUT2D eigenvalue weighted by molar-refractivity contribution is 6.00. The minimum absolute atomic E-state index is 0.292. The summed E-state index contributed by atoms with van der Waals surface area (Å²) in [6.07, 6.45) is 5.01. The maximum Gasteiger partial charge on any atom is 0.248 e. The van der Waals surface area contributed by atoms with Crippen molar-refractivity contribution in [1.82, 2.24) is 0 Å². The molecule has 0 aliphatic heterocycles. The van der Waals surface area contributed by atoms with Gasteiger partial charge >= 0.3 is 0 Å². The summed E-state index contributed by atoms with van der Waals surface area (Å²) in [7, 11) is 0. The summed E-state index contributed by atoms with van der Waals surface area (Å²) >= 11 is 0. The fourth-order valence-corrected chi connectivity index (χ4v) is 1.53. The van der Waals surface area contributed by atoms with Crippen LogP contribution in [0.25, 0.3) is 0 Å². The van der Waals surface area contributed by atoms with Gasteiger partial charge in [-0.15, -0.1) is 0 Å². The van der Waals surface area contributed by atoms with E-state index in [1.54, 1.807) is 18.2 Å². The van der Waals surface area contributed by atoms with Crippen LogP contribution in [0, 0.1) is 5.82 Å². The number of amides is 1. The molecule has 1 rings (SSSR count). The zero-order valence-electron chi connectivity index (χ0n) is 10.5. The lowest BCUT2D eigenvalue weighted by molar-refractivity contribution is -0.111. The Balaban J connectivity index is 2.78. The highest BCUT2D eigenvalue weighted by atomic mass is 19.1. The molecular weight excluding hydrogens is 229 g/mol. The summed E-state index contributed by atoms with van der Waals surface area (Å²) in [6, 6.07) is 5.77. The Morgan fingerprint density at radius 3 is 2.72 bits per heavy atom. The number of rotatable bonds is 4. The topological polar surface area (TPSA) is 29.1 Å². The van der Waals surface area contributed by atoms with Gasteiger partial charge in [0.1, 0.15) is 5.82 Å². The molecule has 0 bridgehead atoms. The third-order valence-corrected chi connectivity index (χ3v) is 2.43. The summed E-state index contributed by atoms with van der Waals surface area (Å²) in [6.45, 7) is 7.36. The van der Waals surface area contributed by atoms with E-state index in [0.29, 0.717) is 5.69 Å². The number of nitrogens with one attached hydrogen (secondary N) is 1.